The minimum absolute atomic E-state index is 0. The predicted molar refractivity (Wildman–Crippen MR) is 134 cm³/mol. The smallest absolute Gasteiger partial charge is 0.321 e. The van der Waals surface area contributed by atoms with Gasteiger partial charge in [-0.2, -0.15) is 0 Å². The van der Waals surface area contributed by atoms with E-state index in [0.29, 0.717) is 6.42 Å². The van der Waals surface area contributed by atoms with Crippen molar-refractivity contribution in [2.24, 2.45) is 0 Å². The largest absolute Gasteiger partial charge is 0.497 e. The predicted octanol–water partition coefficient (Wildman–Crippen LogP) is 4.07. The zero-order chi connectivity index (χ0) is 21.8. The second kappa shape index (κ2) is 12.0. The number of rotatable bonds is 8. The van der Waals surface area contributed by atoms with E-state index in [-0.39, 0.29) is 36.9 Å². The molecule has 0 radical (unpaired) electrons. The van der Waals surface area contributed by atoms with Crippen molar-refractivity contribution in [2.45, 2.75) is 31.1 Å². The number of benzene rings is 2. The van der Waals surface area contributed by atoms with Gasteiger partial charge in [0.15, 0.2) is 6.23 Å². The van der Waals surface area contributed by atoms with Crippen molar-refractivity contribution in [1.29, 1.82) is 0 Å². The van der Waals surface area contributed by atoms with E-state index < -0.39 is 11.6 Å². The average molecular weight is 497 g/mol. The Labute approximate surface area is 209 Å². The number of carbonyl (C=O) groups is 1. The summed E-state index contributed by atoms with van der Waals surface area (Å²) < 4.78 is 17.2. The van der Waals surface area contributed by atoms with Crippen LogP contribution in [0, 0.1) is 0 Å². The maximum atomic E-state index is 13.6. The average Bonchev–Trinajstić information content (AvgIpc) is 3.59. The van der Waals surface area contributed by atoms with E-state index in [2.05, 4.69) is 16.7 Å². The van der Waals surface area contributed by atoms with E-state index >= 15 is 0 Å². The first kappa shape index (κ1) is 27.4. The molecule has 1 unspecified atom stereocenters. The number of likely N-dealkylation sites (N-methyl/N-ethyl adjacent to an activating group) is 1. The fraction of sp³-hybridized carbons (Fsp3) is 0.480. The molecule has 2 aromatic rings. The highest BCUT2D eigenvalue weighted by atomic mass is 35.5. The minimum atomic E-state index is -0.765. The number of hydrogen-bond acceptors (Lipinski definition) is 6. The topological polar surface area (TPSA) is 51.2 Å². The van der Waals surface area contributed by atoms with Gasteiger partial charge in [0.25, 0.3) is 0 Å². The molecule has 2 fully saturated rings. The highest BCUT2D eigenvalue weighted by molar-refractivity contribution is 5.88. The quantitative estimate of drug-likeness (QED) is 0.513. The maximum Gasteiger partial charge on any atom is 0.321 e. The van der Waals surface area contributed by atoms with Crippen LogP contribution in [0.25, 0.3) is 0 Å². The van der Waals surface area contributed by atoms with Gasteiger partial charge in [0.05, 0.1) is 13.2 Å². The number of nitrogens with zero attached hydrogens (tertiary/aromatic N) is 2. The van der Waals surface area contributed by atoms with Crippen molar-refractivity contribution < 1.29 is 19.0 Å². The van der Waals surface area contributed by atoms with E-state index in [1.54, 1.807) is 14.2 Å². The van der Waals surface area contributed by atoms with Gasteiger partial charge in [-0.1, -0.05) is 49.4 Å². The normalized spacial score (nSPS) is 23.5. The SMILES string of the molecule is CCN1CCN(C(OC(=O)[C@]2(c3ccc(OC)cc3)C[C@@H]2OC)c2ccccc2)CC1.Cl.Cl. The summed E-state index contributed by atoms with van der Waals surface area (Å²) in [6, 6.07) is 17.7. The van der Waals surface area contributed by atoms with Crippen LogP contribution in [0.5, 0.6) is 5.75 Å². The van der Waals surface area contributed by atoms with Crippen LogP contribution in [0.3, 0.4) is 0 Å². The summed E-state index contributed by atoms with van der Waals surface area (Å²) in [5.41, 5.74) is 1.15. The summed E-state index contributed by atoms with van der Waals surface area (Å²) in [6.07, 6.45) is 0.0439. The molecular weight excluding hydrogens is 463 g/mol. The van der Waals surface area contributed by atoms with Gasteiger partial charge in [-0.25, -0.2) is 0 Å². The molecule has 33 heavy (non-hydrogen) atoms. The number of hydrogen-bond donors (Lipinski definition) is 0. The number of piperazine rings is 1. The summed E-state index contributed by atoms with van der Waals surface area (Å²) in [4.78, 5) is 18.3. The van der Waals surface area contributed by atoms with Crippen LogP contribution in [0.15, 0.2) is 54.6 Å². The summed E-state index contributed by atoms with van der Waals surface area (Å²) in [7, 11) is 3.29. The number of carbonyl (C=O) groups excluding carboxylic acids is 1. The van der Waals surface area contributed by atoms with Crippen molar-refractivity contribution in [3.8, 4) is 5.75 Å². The molecule has 0 aromatic heterocycles. The Bertz CT molecular complexity index is 876. The van der Waals surface area contributed by atoms with Crippen LogP contribution in [0.1, 0.15) is 30.7 Å². The molecule has 0 bridgehead atoms. The molecule has 1 aliphatic carbocycles. The lowest BCUT2D eigenvalue weighted by Crippen LogP contribution is -2.48. The maximum absolute atomic E-state index is 13.6. The monoisotopic (exact) mass is 496 g/mol. The zero-order valence-electron chi connectivity index (χ0n) is 19.4. The third-order valence-corrected chi connectivity index (χ3v) is 6.64. The van der Waals surface area contributed by atoms with E-state index in [1.165, 1.54) is 0 Å². The molecule has 2 aromatic carbocycles. The van der Waals surface area contributed by atoms with Crippen LogP contribution in [-0.2, 0) is 19.7 Å². The molecule has 0 spiro atoms. The molecule has 3 atom stereocenters. The van der Waals surface area contributed by atoms with Gasteiger partial charge in [-0.3, -0.25) is 9.69 Å². The highest BCUT2D eigenvalue weighted by Crippen LogP contribution is 2.52. The van der Waals surface area contributed by atoms with Gasteiger partial charge >= 0.3 is 5.97 Å². The lowest BCUT2D eigenvalue weighted by atomic mass is 9.95. The van der Waals surface area contributed by atoms with Crippen molar-refractivity contribution in [3.05, 3.63) is 65.7 Å². The third-order valence-electron chi connectivity index (χ3n) is 6.64. The van der Waals surface area contributed by atoms with Crippen molar-refractivity contribution >= 4 is 30.8 Å². The van der Waals surface area contributed by atoms with Gasteiger partial charge < -0.3 is 19.1 Å². The molecule has 0 amide bonds. The number of halogens is 2. The highest BCUT2D eigenvalue weighted by Gasteiger charge is 2.64. The van der Waals surface area contributed by atoms with Crippen LogP contribution in [0.4, 0.5) is 0 Å². The number of esters is 1. The second-order valence-corrected chi connectivity index (χ2v) is 8.27. The zero-order valence-corrected chi connectivity index (χ0v) is 21.1. The summed E-state index contributed by atoms with van der Waals surface area (Å²) in [5, 5.41) is 0. The van der Waals surface area contributed by atoms with Gasteiger partial charge in [-0.15, -0.1) is 24.8 Å². The van der Waals surface area contributed by atoms with E-state index in [9.17, 15) is 4.79 Å². The fourth-order valence-corrected chi connectivity index (χ4v) is 4.53. The summed E-state index contributed by atoms with van der Waals surface area (Å²) in [6.45, 7) is 6.90. The Kier molecular flexibility index (Phi) is 10.0. The summed E-state index contributed by atoms with van der Waals surface area (Å²) in [5.74, 6) is 0.536. The molecule has 4 rings (SSSR count). The van der Waals surface area contributed by atoms with Crippen molar-refractivity contribution in [2.75, 3.05) is 46.9 Å². The fourth-order valence-electron chi connectivity index (χ4n) is 4.53. The first-order chi connectivity index (χ1) is 15.1. The first-order valence-electron chi connectivity index (χ1n) is 11.0. The number of methoxy groups -OCH3 is 2. The van der Waals surface area contributed by atoms with Crippen molar-refractivity contribution in [3.63, 3.8) is 0 Å². The van der Waals surface area contributed by atoms with E-state index in [4.69, 9.17) is 14.2 Å². The van der Waals surface area contributed by atoms with E-state index in [0.717, 1.165) is 49.6 Å². The molecule has 8 heteroatoms. The van der Waals surface area contributed by atoms with Crippen LogP contribution < -0.4 is 4.74 Å². The molecule has 1 aliphatic heterocycles. The molecule has 1 saturated carbocycles. The standard InChI is InChI=1S/C25H32N2O4.2ClH/c1-4-26-14-16-27(17-15-26)23(19-8-6-5-7-9-19)31-24(28)25(18-22(25)30-3)20-10-12-21(29-2)13-11-20;;/h5-13,22-23H,4,14-18H2,1-3H3;2*1H/t22-,23?,25-;;/m0../s1. The van der Waals surface area contributed by atoms with Gasteiger partial charge in [0.2, 0.25) is 0 Å². The first-order valence-corrected chi connectivity index (χ1v) is 11.0. The lowest BCUT2D eigenvalue weighted by Gasteiger charge is -2.39. The molecule has 1 saturated heterocycles. The van der Waals surface area contributed by atoms with Gasteiger partial charge in [0, 0.05) is 38.9 Å². The Balaban J connectivity index is 0.00000193. The summed E-state index contributed by atoms with van der Waals surface area (Å²) >= 11 is 0. The van der Waals surface area contributed by atoms with Gasteiger partial charge in [0.1, 0.15) is 11.2 Å². The van der Waals surface area contributed by atoms with Crippen molar-refractivity contribution in [1.82, 2.24) is 9.80 Å². The Hall–Kier alpha value is -1.83. The Morgan fingerprint density at radius 2 is 1.64 bits per heavy atom. The molecule has 0 N–H and O–H groups in total. The molecular formula is C25H34Cl2N2O4. The Morgan fingerprint density at radius 1 is 1.00 bits per heavy atom. The van der Waals surface area contributed by atoms with Crippen LogP contribution in [-0.4, -0.2) is 68.8 Å². The molecule has 182 valence electrons. The van der Waals surface area contributed by atoms with E-state index in [1.807, 2.05) is 54.6 Å². The minimum Gasteiger partial charge on any atom is -0.497 e. The lowest BCUT2D eigenvalue weighted by molar-refractivity contribution is -0.166. The van der Waals surface area contributed by atoms with Crippen LogP contribution in [0.2, 0.25) is 0 Å². The second-order valence-electron chi connectivity index (χ2n) is 8.27. The third kappa shape index (κ3) is 5.64. The Morgan fingerprint density at radius 3 is 2.15 bits per heavy atom. The number of ether oxygens (including phenoxy) is 3. The molecule has 1 heterocycles. The molecule has 2 aliphatic rings. The molecule has 6 nitrogen and oxygen atoms in total. The van der Waals surface area contributed by atoms with Gasteiger partial charge in [-0.05, 0) is 30.7 Å². The van der Waals surface area contributed by atoms with Crippen LogP contribution >= 0.6 is 24.8 Å².